The second kappa shape index (κ2) is 10.2. The summed E-state index contributed by atoms with van der Waals surface area (Å²) in [4.78, 5) is 0. The molecule has 2 unspecified atom stereocenters. The van der Waals surface area contributed by atoms with Crippen LogP contribution in [0.4, 0.5) is 0 Å². The molecule has 0 bridgehead atoms. The number of hydrogen-bond donors (Lipinski definition) is 0. The Morgan fingerprint density at radius 2 is 1.10 bits per heavy atom. The first kappa shape index (κ1) is 22.5. The third kappa shape index (κ3) is 4.62. The van der Waals surface area contributed by atoms with Crippen LogP contribution in [0.1, 0.15) is 35.1 Å². The standard InChI is InChI=1S/2C9H7.C7H9Si.2ClH.Zr/c2*1-2-5-9-7-3-6-8(9)4-1;8-6-7-4-2-1-3-5-7;;;/h2*1-7H;1-5H,6,8H2;2*1H;/q;;;;;+2/p-2. The number of allylic oxidation sites excluding steroid dienone is 2. The van der Waals surface area contributed by atoms with Gasteiger partial charge in [-0.15, -0.1) is 0 Å². The zero-order valence-electron chi connectivity index (χ0n) is 16.1. The molecule has 0 aliphatic heterocycles. The van der Waals surface area contributed by atoms with Crippen molar-refractivity contribution >= 4 is 18.8 Å². The van der Waals surface area contributed by atoms with Crippen LogP contribution in [0.2, 0.25) is 0 Å². The summed E-state index contributed by atoms with van der Waals surface area (Å²) in [5.74, 6) is 0. The average molecular weight is 514 g/mol. The van der Waals surface area contributed by atoms with E-state index in [4.69, 9.17) is 0 Å². The molecule has 0 amide bonds. The number of benzene rings is 3. The van der Waals surface area contributed by atoms with Crippen LogP contribution < -0.4 is 24.8 Å². The number of rotatable bonds is 5. The van der Waals surface area contributed by atoms with Crippen LogP contribution in [0.15, 0.2) is 91.0 Å². The molecule has 29 heavy (non-hydrogen) atoms. The summed E-state index contributed by atoms with van der Waals surface area (Å²) in [5.41, 5.74) is 7.71. The Hall–Kier alpha value is -1.18. The maximum absolute atomic E-state index is 2.56. The van der Waals surface area contributed by atoms with Crippen molar-refractivity contribution in [2.75, 3.05) is 0 Å². The Morgan fingerprint density at radius 3 is 1.66 bits per heavy atom. The summed E-state index contributed by atoms with van der Waals surface area (Å²) in [5, 5.41) is 0. The van der Waals surface area contributed by atoms with Gasteiger partial charge in [-0.25, -0.2) is 0 Å². The Bertz CT molecular complexity index is 955. The third-order valence-electron chi connectivity index (χ3n) is 5.94. The fraction of sp³-hybridized carbons (Fsp3) is 0.120. The first-order valence-electron chi connectivity index (χ1n) is 9.84. The van der Waals surface area contributed by atoms with Crippen molar-refractivity contribution in [2.24, 2.45) is 0 Å². The summed E-state index contributed by atoms with van der Waals surface area (Å²) >= 11 is -1.74. The van der Waals surface area contributed by atoms with E-state index in [0.29, 0.717) is 0 Å². The monoisotopic (exact) mass is 511 g/mol. The van der Waals surface area contributed by atoms with E-state index in [1.54, 1.807) is 16.7 Å². The number of fused-ring (bicyclic) bond motifs is 2. The molecule has 3 aromatic carbocycles. The molecule has 4 heteroatoms. The van der Waals surface area contributed by atoms with Crippen LogP contribution in [-0.4, -0.2) is 6.65 Å². The quantitative estimate of drug-likeness (QED) is 0.401. The van der Waals surface area contributed by atoms with Crippen LogP contribution in [0, 0.1) is 0 Å². The van der Waals surface area contributed by atoms with Crippen molar-refractivity contribution in [1.29, 1.82) is 0 Å². The Labute approximate surface area is 195 Å². The van der Waals surface area contributed by atoms with Gasteiger partial charge in [-0.1, -0.05) is 0 Å². The van der Waals surface area contributed by atoms with Gasteiger partial charge in [0.2, 0.25) is 0 Å². The van der Waals surface area contributed by atoms with Crippen molar-refractivity contribution in [1.82, 2.24) is 0 Å². The first-order chi connectivity index (χ1) is 13.4. The van der Waals surface area contributed by atoms with E-state index in [9.17, 15) is 0 Å². The second-order valence-electron chi connectivity index (χ2n) is 7.49. The maximum Gasteiger partial charge on any atom is -1.00 e. The summed E-state index contributed by atoms with van der Waals surface area (Å²) in [7, 11) is 0. The van der Waals surface area contributed by atoms with Crippen molar-refractivity contribution in [3.63, 3.8) is 0 Å². The summed E-state index contributed by atoms with van der Waals surface area (Å²) in [6.07, 6.45) is 9.91. The first-order valence-corrected chi connectivity index (χ1v) is 19.6. The van der Waals surface area contributed by atoms with E-state index in [-0.39, 0.29) is 31.5 Å². The van der Waals surface area contributed by atoms with Gasteiger partial charge in [0.25, 0.3) is 0 Å². The van der Waals surface area contributed by atoms with E-state index in [1.165, 1.54) is 17.2 Å². The molecular weight excluding hydrogens is 490 g/mol. The molecule has 0 saturated heterocycles. The van der Waals surface area contributed by atoms with Gasteiger partial charge in [0, 0.05) is 0 Å². The molecule has 145 valence electrons. The Morgan fingerprint density at radius 1 is 0.621 bits per heavy atom. The molecule has 0 saturated carbocycles. The van der Waals surface area contributed by atoms with Crippen LogP contribution in [0.5, 0.6) is 0 Å². The molecule has 2 aliphatic carbocycles. The largest absolute Gasteiger partial charge is 1.00 e. The van der Waals surface area contributed by atoms with E-state index in [2.05, 4.69) is 103 Å². The fourth-order valence-corrected chi connectivity index (χ4v) is 25.1. The summed E-state index contributed by atoms with van der Waals surface area (Å²) < 4.78 is 1.50. The van der Waals surface area contributed by atoms with Crippen LogP contribution >= 0.6 is 0 Å². The molecule has 0 radical (unpaired) electrons. The molecule has 0 spiro atoms. The van der Waals surface area contributed by atoms with Gasteiger partial charge in [-0.3, -0.25) is 0 Å². The Balaban J connectivity index is 0.00000120. The fourth-order valence-electron chi connectivity index (χ4n) is 4.58. The predicted octanol–water partition coefficient (Wildman–Crippen LogP) is -0.567. The minimum Gasteiger partial charge on any atom is -1.00 e. The molecule has 2 aliphatic rings. The van der Waals surface area contributed by atoms with Crippen LogP contribution in [0.3, 0.4) is 0 Å². The smallest absolute Gasteiger partial charge is 1.00 e. The van der Waals surface area contributed by atoms with Gasteiger partial charge in [-0.2, -0.15) is 0 Å². The van der Waals surface area contributed by atoms with Gasteiger partial charge < -0.3 is 24.8 Å². The molecule has 0 fully saturated rings. The molecule has 0 N–H and O–H groups in total. The molecule has 3 aromatic rings. The van der Waals surface area contributed by atoms with Crippen LogP contribution in [-0.2, 0) is 27.0 Å². The summed E-state index contributed by atoms with van der Waals surface area (Å²) in [6, 6.07) is 30.7. The van der Waals surface area contributed by atoms with E-state index in [0.717, 1.165) is 7.25 Å². The van der Waals surface area contributed by atoms with Gasteiger partial charge >= 0.3 is 172 Å². The third-order valence-corrected chi connectivity index (χ3v) is 25.1. The van der Waals surface area contributed by atoms with Gasteiger partial charge in [0.1, 0.15) is 0 Å². The van der Waals surface area contributed by atoms with Gasteiger partial charge in [0.15, 0.2) is 0 Å². The normalized spacial score (nSPS) is 18.2. The molecule has 2 atom stereocenters. The predicted molar refractivity (Wildman–Crippen MR) is 115 cm³/mol. The van der Waals surface area contributed by atoms with E-state index >= 15 is 0 Å². The molecule has 5 rings (SSSR count). The van der Waals surface area contributed by atoms with Gasteiger partial charge in [0.05, 0.1) is 0 Å². The van der Waals surface area contributed by atoms with E-state index in [1.807, 2.05) is 0 Å². The van der Waals surface area contributed by atoms with E-state index < -0.39 is 20.9 Å². The van der Waals surface area contributed by atoms with Crippen molar-refractivity contribution < 1.29 is 45.7 Å². The SMILES string of the molecule is C1=C[CH]([Zr+2]([SiH2]Cc2ccccc2)[CH]2C=Cc3ccccc32)c2ccccc21.[Cl-].[Cl-]. The number of hydrogen-bond acceptors (Lipinski definition) is 0. The number of halogens is 2. The summed E-state index contributed by atoms with van der Waals surface area (Å²) in [6.45, 7) is -0.117. The van der Waals surface area contributed by atoms with Crippen molar-refractivity contribution in [3.05, 3.63) is 119 Å². The molecule has 0 nitrogen and oxygen atoms in total. The van der Waals surface area contributed by atoms with Crippen molar-refractivity contribution in [3.8, 4) is 0 Å². The van der Waals surface area contributed by atoms with Gasteiger partial charge in [-0.05, 0) is 0 Å². The maximum atomic E-state index is 2.56. The zero-order chi connectivity index (χ0) is 18.1. The van der Waals surface area contributed by atoms with Crippen molar-refractivity contribution in [2.45, 2.75) is 13.3 Å². The minimum absolute atomic E-state index is 0. The zero-order valence-corrected chi connectivity index (χ0v) is 21.5. The van der Waals surface area contributed by atoms with Crippen LogP contribution in [0.25, 0.3) is 12.2 Å². The topological polar surface area (TPSA) is 0 Å². The minimum atomic E-state index is -1.74. The average Bonchev–Trinajstić information content (AvgIpc) is 3.34. The second-order valence-corrected chi connectivity index (χ2v) is 22.9. The molecule has 0 heterocycles. The molecule has 0 aromatic heterocycles. The molecular formula is C25H23Cl2SiZr. The Kier molecular flexibility index (Phi) is 7.93.